The number of aryl methyl sites for hydroxylation is 1. The molecular formula is C21H25N7O3. The average Bonchev–Trinajstić information content (AvgIpc) is 3.21. The van der Waals surface area contributed by atoms with Crippen molar-refractivity contribution in [1.29, 1.82) is 5.26 Å². The fourth-order valence-electron chi connectivity index (χ4n) is 3.40. The Bertz CT molecular complexity index is 989. The molecular weight excluding hydrogens is 398 g/mol. The van der Waals surface area contributed by atoms with E-state index in [-0.39, 0.29) is 18.5 Å². The van der Waals surface area contributed by atoms with E-state index in [4.69, 9.17) is 10.4 Å². The molecule has 31 heavy (non-hydrogen) atoms. The molecule has 1 atom stereocenters. The van der Waals surface area contributed by atoms with Crippen LogP contribution in [0.15, 0.2) is 30.3 Å². The van der Waals surface area contributed by atoms with Gasteiger partial charge in [0.2, 0.25) is 11.9 Å². The maximum atomic E-state index is 11.9. The van der Waals surface area contributed by atoms with Crippen LogP contribution in [-0.2, 0) is 11.2 Å². The Morgan fingerprint density at radius 1 is 1.32 bits per heavy atom. The van der Waals surface area contributed by atoms with Gasteiger partial charge in [-0.25, -0.2) is 9.78 Å². The normalized spacial score (nSPS) is 15.2. The van der Waals surface area contributed by atoms with Crippen LogP contribution in [0.3, 0.4) is 0 Å². The maximum absolute atomic E-state index is 11.9. The molecule has 1 aliphatic heterocycles. The number of carboxylic acid groups (broad SMARTS) is 1. The lowest BCUT2D eigenvalue weighted by atomic mass is 10.2. The summed E-state index contributed by atoms with van der Waals surface area (Å²) >= 11 is 0. The van der Waals surface area contributed by atoms with Gasteiger partial charge in [0.25, 0.3) is 0 Å². The predicted molar refractivity (Wildman–Crippen MR) is 115 cm³/mol. The highest BCUT2D eigenvalue weighted by molar-refractivity contribution is 5.82. The first kappa shape index (κ1) is 21.8. The van der Waals surface area contributed by atoms with Crippen molar-refractivity contribution >= 4 is 29.5 Å². The van der Waals surface area contributed by atoms with Crippen LogP contribution < -0.4 is 20.9 Å². The zero-order chi connectivity index (χ0) is 22.2. The summed E-state index contributed by atoms with van der Waals surface area (Å²) < 4.78 is 0. The van der Waals surface area contributed by atoms with E-state index < -0.39 is 6.09 Å². The molecule has 1 fully saturated rings. The van der Waals surface area contributed by atoms with Gasteiger partial charge in [-0.15, -0.1) is 0 Å². The number of carbonyl (C=O) groups is 2. The second kappa shape index (κ2) is 10.2. The molecule has 3 rings (SSSR count). The Morgan fingerprint density at radius 2 is 2.16 bits per heavy atom. The number of nitrogens with zero attached hydrogens (tertiary/aromatic N) is 4. The van der Waals surface area contributed by atoms with Gasteiger partial charge in [0.1, 0.15) is 5.82 Å². The van der Waals surface area contributed by atoms with Crippen LogP contribution in [0.2, 0.25) is 0 Å². The van der Waals surface area contributed by atoms with Gasteiger partial charge in [0, 0.05) is 36.6 Å². The first-order valence-electron chi connectivity index (χ1n) is 10.1. The monoisotopic (exact) mass is 423 g/mol. The van der Waals surface area contributed by atoms with Crippen LogP contribution in [0, 0.1) is 11.3 Å². The van der Waals surface area contributed by atoms with Crippen molar-refractivity contribution in [3.63, 3.8) is 0 Å². The highest BCUT2D eigenvalue weighted by atomic mass is 16.4. The van der Waals surface area contributed by atoms with Gasteiger partial charge in [0.15, 0.2) is 0 Å². The molecule has 2 heterocycles. The Hall–Kier alpha value is -3.87. The number of hydrogen-bond donors (Lipinski definition) is 4. The number of carbonyl (C=O) groups excluding carboxylic acids is 1. The summed E-state index contributed by atoms with van der Waals surface area (Å²) in [4.78, 5) is 33.7. The lowest BCUT2D eigenvalue weighted by Crippen LogP contribution is -2.42. The SMILES string of the molecule is CCCc1cc(N2CCC(NC(=O)CNC(=O)O)C2)nc(Nc2cccc(C#N)c2)n1. The van der Waals surface area contributed by atoms with Gasteiger partial charge in [-0.2, -0.15) is 10.2 Å². The number of anilines is 3. The largest absolute Gasteiger partial charge is 0.465 e. The number of nitrogens with one attached hydrogen (secondary N) is 3. The molecule has 1 saturated heterocycles. The van der Waals surface area contributed by atoms with Crippen molar-refractivity contribution in [2.24, 2.45) is 0 Å². The molecule has 0 radical (unpaired) electrons. The number of nitriles is 1. The van der Waals surface area contributed by atoms with Crippen molar-refractivity contribution < 1.29 is 14.7 Å². The molecule has 0 spiro atoms. The Balaban J connectivity index is 1.71. The summed E-state index contributed by atoms with van der Waals surface area (Å²) in [5.41, 5.74) is 2.19. The minimum atomic E-state index is -1.23. The summed E-state index contributed by atoms with van der Waals surface area (Å²) in [6.45, 7) is 3.10. The number of aromatic nitrogens is 2. The molecule has 0 aliphatic carbocycles. The van der Waals surface area contributed by atoms with E-state index in [9.17, 15) is 9.59 Å². The van der Waals surface area contributed by atoms with E-state index >= 15 is 0 Å². The van der Waals surface area contributed by atoms with Gasteiger partial charge in [-0.1, -0.05) is 19.4 Å². The topological polar surface area (TPSA) is 143 Å². The van der Waals surface area contributed by atoms with Gasteiger partial charge < -0.3 is 26.0 Å². The minimum Gasteiger partial charge on any atom is -0.465 e. The molecule has 2 aromatic rings. The summed E-state index contributed by atoms with van der Waals surface area (Å²) in [5, 5.41) is 25.8. The van der Waals surface area contributed by atoms with Crippen molar-refractivity contribution in [1.82, 2.24) is 20.6 Å². The average molecular weight is 423 g/mol. The number of amides is 2. The highest BCUT2D eigenvalue weighted by Gasteiger charge is 2.25. The van der Waals surface area contributed by atoms with Gasteiger partial charge >= 0.3 is 6.09 Å². The lowest BCUT2D eigenvalue weighted by molar-refractivity contribution is -0.120. The molecule has 0 bridgehead atoms. The summed E-state index contributed by atoms with van der Waals surface area (Å²) in [7, 11) is 0. The lowest BCUT2D eigenvalue weighted by Gasteiger charge is -2.20. The Labute approximate surface area is 180 Å². The third-order valence-electron chi connectivity index (χ3n) is 4.80. The standard InChI is InChI=1S/C21H25N7O3/c1-2-4-15-10-18(27-20(25-15)26-16-6-3-5-14(9-16)11-22)28-8-7-17(13-28)24-19(29)12-23-21(30)31/h3,5-6,9-10,17,23H,2,4,7-8,12-13H2,1H3,(H,24,29)(H,30,31)(H,25,26,27). The third-order valence-corrected chi connectivity index (χ3v) is 4.80. The molecule has 2 amide bonds. The van der Waals surface area contributed by atoms with Crippen LogP contribution in [0.1, 0.15) is 31.0 Å². The van der Waals surface area contributed by atoms with E-state index in [0.717, 1.165) is 36.5 Å². The molecule has 10 heteroatoms. The van der Waals surface area contributed by atoms with Gasteiger partial charge in [-0.3, -0.25) is 4.79 Å². The van der Waals surface area contributed by atoms with Gasteiger partial charge in [0.05, 0.1) is 18.2 Å². The quantitative estimate of drug-likeness (QED) is 0.505. The maximum Gasteiger partial charge on any atom is 0.405 e. The molecule has 162 valence electrons. The smallest absolute Gasteiger partial charge is 0.405 e. The zero-order valence-corrected chi connectivity index (χ0v) is 17.3. The third kappa shape index (κ3) is 6.30. The van der Waals surface area contributed by atoms with Crippen molar-refractivity contribution in [2.75, 3.05) is 29.9 Å². The van der Waals surface area contributed by atoms with E-state index in [1.807, 2.05) is 12.1 Å². The van der Waals surface area contributed by atoms with Crippen LogP contribution >= 0.6 is 0 Å². The molecule has 10 nitrogen and oxygen atoms in total. The second-order valence-corrected chi connectivity index (χ2v) is 7.27. The predicted octanol–water partition coefficient (Wildman–Crippen LogP) is 2.01. The fraction of sp³-hybridized carbons (Fsp3) is 0.381. The molecule has 1 unspecified atom stereocenters. The number of rotatable bonds is 8. The fourth-order valence-corrected chi connectivity index (χ4v) is 3.40. The van der Waals surface area contributed by atoms with Crippen LogP contribution in [0.5, 0.6) is 0 Å². The summed E-state index contributed by atoms with van der Waals surface area (Å²) in [5.74, 6) is 0.857. The van der Waals surface area contributed by atoms with E-state index in [0.29, 0.717) is 24.6 Å². The number of hydrogen-bond acceptors (Lipinski definition) is 7. The second-order valence-electron chi connectivity index (χ2n) is 7.27. The molecule has 1 aromatic carbocycles. The number of benzene rings is 1. The van der Waals surface area contributed by atoms with Crippen molar-refractivity contribution in [3.8, 4) is 6.07 Å². The van der Waals surface area contributed by atoms with Gasteiger partial charge in [-0.05, 0) is 31.0 Å². The Morgan fingerprint density at radius 3 is 2.90 bits per heavy atom. The minimum absolute atomic E-state index is 0.0867. The summed E-state index contributed by atoms with van der Waals surface area (Å²) in [6.07, 6.45) is 1.25. The van der Waals surface area contributed by atoms with Crippen molar-refractivity contribution in [2.45, 2.75) is 32.2 Å². The highest BCUT2D eigenvalue weighted by Crippen LogP contribution is 2.23. The van der Waals surface area contributed by atoms with Crippen LogP contribution in [0.25, 0.3) is 0 Å². The van der Waals surface area contributed by atoms with Crippen LogP contribution in [0.4, 0.5) is 22.2 Å². The van der Waals surface area contributed by atoms with E-state index in [1.54, 1.807) is 18.2 Å². The van der Waals surface area contributed by atoms with E-state index in [1.165, 1.54) is 0 Å². The summed E-state index contributed by atoms with van der Waals surface area (Å²) in [6, 6.07) is 11.1. The first-order chi connectivity index (χ1) is 15.0. The van der Waals surface area contributed by atoms with E-state index in [2.05, 4.69) is 43.8 Å². The van der Waals surface area contributed by atoms with Crippen molar-refractivity contribution in [3.05, 3.63) is 41.6 Å². The first-order valence-corrected chi connectivity index (χ1v) is 10.1. The Kier molecular flexibility index (Phi) is 7.22. The molecule has 0 saturated carbocycles. The molecule has 4 N–H and O–H groups in total. The molecule has 1 aromatic heterocycles. The van der Waals surface area contributed by atoms with Crippen LogP contribution in [-0.4, -0.2) is 52.8 Å². The zero-order valence-electron chi connectivity index (χ0n) is 17.3. The molecule has 1 aliphatic rings.